The number of hydrogen-bond acceptors (Lipinski definition) is 3. The molecule has 0 saturated carbocycles. The molecule has 28 heavy (non-hydrogen) atoms. The Hall–Kier alpha value is -2.62. The van der Waals surface area contributed by atoms with Crippen molar-refractivity contribution in [3.63, 3.8) is 0 Å². The van der Waals surface area contributed by atoms with Gasteiger partial charge in [0.1, 0.15) is 0 Å². The lowest BCUT2D eigenvalue weighted by Crippen LogP contribution is -2.31. The molecular weight excluding hydrogens is 346 g/mol. The molecule has 0 aliphatic heterocycles. The van der Waals surface area contributed by atoms with Crippen molar-refractivity contribution >= 4 is 11.6 Å². The van der Waals surface area contributed by atoms with Gasteiger partial charge in [-0.2, -0.15) is 0 Å². The largest absolute Gasteiger partial charge is 0.364 e. The number of aromatic nitrogens is 1. The Labute approximate surface area is 168 Å². The quantitative estimate of drug-likeness (QED) is 0.650. The Balaban J connectivity index is 1.64. The molecule has 1 aromatic heterocycles. The summed E-state index contributed by atoms with van der Waals surface area (Å²) >= 11 is 0. The first-order chi connectivity index (χ1) is 13.6. The van der Waals surface area contributed by atoms with E-state index in [2.05, 4.69) is 59.4 Å². The molecule has 0 bridgehead atoms. The van der Waals surface area contributed by atoms with Gasteiger partial charge in [0.2, 0.25) is 0 Å². The Morgan fingerprint density at radius 2 is 2.00 bits per heavy atom. The maximum atomic E-state index is 12.6. The van der Waals surface area contributed by atoms with Crippen LogP contribution in [0.1, 0.15) is 61.9 Å². The van der Waals surface area contributed by atoms with E-state index in [0.29, 0.717) is 18.2 Å². The number of pyridine rings is 1. The maximum Gasteiger partial charge on any atom is 0.252 e. The fourth-order valence-corrected chi connectivity index (χ4v) is 3.63. The van der Waals surface area contributed by atoms with Crippen molar-refractivity contribution in [2.75, 3.05) is 11.4 Å². The highest BCUT2D eigenvalue weighted by Crippen LogP contribution is 2.21. The Morgan fingerprint density at radius 3 is 2.71 bits per heavy atom. The molecule has 1 N–H and O–H groups in total. The van der Waals surface area contributed by atoms with E-state index in [9.17, 15) is 4.79 Å². The van der Waals surface area contributed by atoms with Crippen LogP contribution in [-0.4, -0.2) is 23.5 Å². The van der Waals surface area contributed by atoms with Gasteiger partial charge in [-0.3, -0.25) is 9.78 Å². The molecule has 4 heteroatoms. The summed E-state index contributed by atoms with van der Waals surface area (Å²) in [6, 6.07) is 12.6. The number of amides is 1. The minimum absolute atomic E-state index is 0.0471. The number of anilines is 1. The van der Waals surface area contributed by atoms with Gasteiger partial charge >= 0.3 is 0 Å². The second-order valence-corrected chi connectivity index (χ2v) is 7.75. The highest BCUT2D eigenvalue weighted by atomic mass is 16.1. The molecule has 3 rings (SSSR count). The van der Waals surface area contributed by atoms with Crippen molar-refractivity contribution in [1.82, 2.24) is 10.3 Å². The number of rotatable bonds is 8. The third-order valence-corrected chi connectivity index (χ3v) is 5.25. The molecule has 1 aliphatic rings. The summed E-state index contributed by atoms with van der Waals surface area (Å²) in [5, 5.41) is 3.05. The summed E-state index contributed by atoms with van der Waals surface area (Å²) in [5.41, 5.74) is 4.31. The lowest BCUT2D eigenvalue weighted by Gasteiger charge is -2.29. The van der Waals surface area contributed by atoms with Gasteiger partial charge in [0.25, 0.3) is 5.91 Å². The highest BCUT2D eigenvalue weighted by Gasteiger charge is 2.14. The minimum atomic E-state index is -0.0471. The van der Waals surface area contributed by atoms with Crippen LogP contribution in [0.15, 0.2) is 60.4 Å². The van der Waals surface area contributed by atoms with Crippen LogP contribution < -0.4 is 10.2 Å². The summed E-state index contributed by atoms with van der Waals surface area (Å²) in [7, 11) is 0. The lowest BCUT2D eigenvalue weighted by molar-refractivity contribution is 0.0953. The predicted molar refractivity (Wildman–Crippen MR) is 115 cm³/mol. The van der Waals surface area contributed by atoms with Gasteiger partial charge in [-0.05, 0) is 57.6 Å². The van der Waals surface area contributed by atoms with E-state index < -0.39 is 0 Å². The Bertz CT molecular complexity index is 799. The van der Waals surface area contributed by atoms with Crippen LogP contribution in [0.25, 0.3) is 0 Å². The molecule has 4 nitrogen and oxygen atoms in total. The molecule has 1 aliphatic carbocycles. The average Bonchev–Trinajstić information content (AvgIpc) is 2.73. The third-order valence-electron chi connectivity index (χ3n) is 5.25. The summed E-state index contributed by atoms with van der Waals surface area (Å²) < 4.78 is 0. The first-order valence-electron chi connectivity index (χ1n) is 10.3. The van der Waals surface area contributed by atoms with E-state index >= 15 is 0 Å². The second-order valence-electron chi connectivity index (χ2n) is 7.75. The molecule has 0 saturated heterocycles. The van der Waals surface area contributed by atoms with Gasteiger partial charge in [-0.15, -0.1) is 0 Å². The number of nitrogens with one attached hydrogen (secondary N) is 1. The van der Waals surface area contributed by atoms with E-state index in [4.69, 9.17) is 0 Å². The van der Waals surface area contributed by atoms with E-state index in [1.54, 1.807) is 6.20 Å². The molecule has 1 heterocycles. The SMILES string of the molecule is CC(C)N(Cc1ccccc1)c1cncc(C(=O)NCCC2=CCCCC2)c1. The second kappa shape index (κ2) is 10.1. The Kier molecular flexibility index (Phi) is 7.24. The highest BCUT2D eigenvalue weighted by molar-refractivity contribution is 5.94. The van der Waals surface area contributed by atoms with Gasteiger partial charge < -0.3 is 10.2 Å². The first-order valence-corrected chi connectivity index (χ1v) is 10.3. The molecule has 148 valence electrons. The minimum Gasteiger partial charge on any atom is -0.364 e. The number of nitrogens with zero attached hydrogens (tertiary/aromatic N) is 2. The van der Waals surface area contributed by atoms with Crippen molar-refractivity contribution < 1.29 is 4.79 Å². The smallest absolute Gasteiger partial charge is 0.252 e. The molecule has 0 radical (unpaired) electrons. The normalized spacial score (nSPS) is 13.9. The third kappa shape index (κ3) is 5.69. The van der Waals surface area contributed by atoms with Gasteiger partial charge in [0.15, 0.2) is 0 Å². The molecule has 0 fully saturated rings. The molecular formula is C24H31N3O. The van der Waals surface area contributed by atoms with Gasteiger partial charge in [-0.1, -0.05) is 42.0 Å². The standard InChI is InChI=1S/C24H31N3O/c1-19(2)27(18-21-11-7-4-8-12-21)23-15-22(16-25-17-23)24(28)26-14-13-20-9-5-3-6-10-20/h4,7-9,11-12,15-17,19H,3,5-6,10,13-14,18H2,1-2H3,(H,26,28). The van der Waals surface area contributed by atoms with Gasteiger partial charge in [-0.25, -0.2) is 0 Å². The zero-order valence-corrected chi connectivity index (χ0v) is 17.0. The molecule has 2 aromatic rings. The van der Waals surface area contributed by atoms with Crippen LogP contribution in [0, 0.1) is 0 Å². The average molecular weight is 378 g/mol. The van der Waals surface area contributed by atoms with Crippen LogP contribution in [0.4, 0.5) is 5.69 Å². The summed E-state index contributed by atoms with van der Waals surface area (Å²) in [6.45, 7) is 5.80. The van der Waals surface area contributed by atoms with Crippen molar-refractivity contribution in [1.29, 1.82) is 0 Å². The molecule has 1 amide bonds. The van der Waals surface area contributed by atoms with Crippen LogP contribution in [0.3, 0.4) is 0 Å². The van der Waals surface area contributed by atoms with E-state index in [1.165, 1.54) is 36.8 Å². The molecule has 1 aromatic carbocycles. The Morgan fingerprint density at radius 1 is 1.18 bits per heavy atom. The zero-order valence-electron chi connectivity index (χ0n) is 17.0. The van der Waals surface area contributed by atoms with Crippen molar-refractivity contribution in [3.05, 3.63) is 71.6 Å². The fraction of sp³-hybridized carbons (Fsp3) is 0.417. The summed E-state index contributed by atoms with van der Waals surface area (Å²) in [5.74, 6) is -0.0471. The molecule has 0 spiro atoms. The first kappa shape index (κ1) is 20.1. The number of allylic oxidation sites excluding steroid dienone is 1. The van der Waals surface area contributed by atoms with Crippen LogP contribution in [0.5, 0.6) is 0 Å². The number of carbonyl (C=O) groups excluding carboxylic acids is 1. The number of benzene rings is 1. The van der Waals surface area contributed by atoms with Crippen molar-refractivity contribution in [2.45, 2.75) is 58.5 Å². The van der Waals surface area contributed by atoms with Crippen LogP contribution in [-0.2, 0) is 6.54 Å². The number of hydrogen-bond donors (Lipinski definition) is 1. The van der Waals surface area contributed by atoms with Crippen molar-refractivity contribution in [3.8, 4) is 0 Å². The summed E-state index contributed by atoms with van der Waals surface area (Å²) in [4.78, 5) is 19.2. The van der Waals surface area contributed by atoms with E-state index in [1.807, 2.05) is 18.3 Å². The topological polar surface area (TPSA) is 45.2 Å². The van der Waals surface area contributed by atoms with Crippen molar-refractivity contribution in [2.24, 2.45) is 0 Å². The van der Waals surface area contributed by atoms with Gasteiger partial charge in [0.05, 0.1) is 17.4 Å². The fourth-order valence-electron chi connectivity index (χ4n) is 3.63. The summed E-state index contributed by atoms with van der Waals surface area (Å²) in [6.07, 6.45) is 11.7. The zero-order chi connectivity index (χ0) is 19.8. The van der Waals surface area contributed by atoms with Crippen LogP contribution in [0.2, 0.25) is 0 Å². The molecule has 0 unspecified atom stereocenters. The van der Waals surface area contributed by atoms with E-state index in [0.717, 1.165) is 18.7 Å². The number of carbonyl (C=O) groups is 1. The van der Waals surface area contributed by atoms with Crippen LogP contribution >= 0.6 is 0 Å². The monoisotopic (exact) mass is 377 g/mol. The molecule has 0 atom stereocenters. The predicted octanol–water partition coefficient (Wildman–Crippen LogP) is 5.12. The maximum absolute atomic E-state index is 12.6. The lowest BCUT2D eigenvalue weighted by atomic mass is 9.97. The van der Waals surface area contributed by atoms with E-state index in [-0.39, 0.29) is 5.91 Å². The van der Waals surface area contributed by atoms with Gasteiger partial charge in [0, 0.05) is 25.3 Å².